The fourth-order valence-corrected chi connectivity index (χ4v) is 2.58. The second-order valence-corrected chi connectivity index (χ2v) is 6.08. The van der Waals surface area contributed by atoms with Gasteiger partial charge in [0.05, 0.1) is 4.90 Å². The third-order valence-electron chi connectivity index (χ3n) is 2.94. The molecule has 2 aromatic carbocycles. The van der Waals surface area contributed by atoms with Crippen LogP contribution in [0.3, 0.4) is 0 Å². The van der Waals surface area contributed by atoms with Gasteiger partial charge in [0, 0.05) is 6.54 Å². The summed E-state index contributed by atoms with van der Waals surface area (Å²) in [5.74, 6) is 0.771. The van der Waals surface area contributed by atoms with Gasteiger partial charge in [-0.3, -0.25) is 0 Å². The molecule has 20 heavy (non-hydrogen) atoms. The minimum absolute atomic E-state index is 0.0811. The Balaban J connectivity index is 2.25. The number of likely N-dealkylation sites (N-methyl/N-ethyl adjacent to an activating group) is 1. The van der Waals surface area contributed by atoms with E-state index in [1.807, 2.05) is 45.3 Å². The van der Waals surface area contributed by atoms with Crippen molar-refractivity contribution < 1.29 is 13.5 Å². The Hall–Kier alpha value is -1.43. The Morgan fingerprint density at radius 2 is 1.90 bits per heavy atom. The van der Waals surface area contributed by atoms with Crippen molar-refractivity contribution in [3.63, 3.8) is 0 Å². The first-order valence-electron chi connectivity index (χ1n) is 6.42. The molecule has 0 bridgehead atoms. The highest BCUT2D eigenvalue weighted by Crippen LogP contribution is 2.23. The fourth-order valence-electron chi connectivity index (χ4n) is 2.17. The molecule has 0 radical (unpaired) electrons. The Bertz CT molecular complexity index is 628. The van der Waals surface area contributed by atoms with Crippen molar-refractivity contribution >= 4 is 21.9 Å². The van der Waals surface area contributed by atoms with Gasteiger partial charge >= 0.3 is 0 Å². The van der Waals surface area contributed by atoms with Crippen molar-refractivity contribution in [2.24, 2.45) is 0 Å². The fraction of sp³-hybridized carbons (Fsp3) is 0.333. The average molecular weight is 293 g/mol. The van der Waals surface area contributed by atoms with Crippen LogP contribution in [0.1, 0.15) is 6.92 Å². The quantitative estimate of drug-likeness (QED) is 0.861. The maximum atomic E-state index is 11.1. The maximum Gasteiger partial charge on any atom is 0.186 e. The zero-order chi connectivity index (χ0) is 14.7. The molecule has 0 saturated carbocycles. The van der Waals surface area contributed by atoms with E-state index in [9.17, 15) is 4.21 Å². The van der Waals surface area contributed by atoms with Crippen molar-refractivity contribution in [1.82, 2.24) is 4.90 Å². The van der Waals surface area contributed by atoms with Crippen LogP contribution < -0.4 is 4.74 Å². The summed E-state index contributed by atoms with van der Waals surface area (Å²) in [6.07, 6.45) is 0.0811. The molecule has 0 heterocycles. The lowest BCUT2D eigenvalue weighted by molar-refractivity contribution is 0.177. The SMILES string of the molecule is CC(CN(C)C)Oc1ccc2ccc(S(=O)O)cc2c1. The smallest absolute Gasteiger partial charge is 0.186 e. The van der Waals surface area contributed by atoms with Gasteiger partial charge < -0.3 is 14.2 Å². The van der Waals surface area contributed by atoms with Crippen LogP contribution >= 0.6 is 0 Å². The van der Waals surface area contributed by atoms with Crippen molar-refractivity contribution in [1.29, 1.82) is 0 Å². The number of hydrogen-bond donors (Lipinski definition) is 1. The van der Waals surface area contributed by atoms with Gasteiger partial charge in [0.15, 0.2) is 11.1 Å². The molecule has 0 aliphatic heterocycles. The van der Waals surface area contributed by atoms with Crippen LogP contribution in [0.15, 0.2) is 41.3 Å². The summed E-state index contributed by atoms with van der Waals surface area (Å²) < 4.78 is 26.1. The maximum absolute atomic E-state index is 11.1. The topological polar surface area (TPSA) is 49.8 Å². The van der Waals surface area contributed by atoms with Crippen molar-refractivity contribution in [3.8, 4) is 5.75 Å². The first-order valence-corrected chi connectivity index (χ1v) is 7.52. The molecule has 0 aliphatic carbocycles. The molecule has 5 heteroatoms. The molecule has 2 atom stereocenters. The Morgan fingerprint density at radius 1 is 1.20 bits per heavy atom. The Morgan fingerprint density at radius 3 is 2.55 bits per heavy atom. The van der Waals surface area contributed by atoms with E-state index in [0.717, 1.165) is 23.1 Å². The standard InChI is InChI=1S/C15H19NO3S/c1-11(10-16(2)3)19-14-6-4-12-5-7-15(20(17)18)9-13(12)8-14/h4-9,11H,10H2,1-3H3,(H,17,18). The molecule has 0 saturated heterocycles. The predicted molar refractivity (Wildman–Crippen MR) is 81.6 cm³/mol. The summed E-state index contributed by atoms with van der Waals surface area (Å²) in [6.45, 7) is 2.85. The zero-order valence-corrected chi connectivity index (χ0v) is 12.7. The summed E-state index contributed by atoms with van der Waals surface area (Å²) in [7, 11) is 4.01. The second kappa shape index (κ2) is 6.35. The first-order chi connectivity index (χ1) is 9.45. The number of hydrogen-bond acceptors (Lipinski definition) is 3. The van der Waals surface area contributed by atoms with Gasteiger partial charge in [-0.2, -0.15) is 0 Å². The number of nitrogens with zero attached hydrogens (tertiary/aromatic N) is 1. The van der Waals surface area contributed by atoms with Gasteiger partial charge in [0.1, 0.15) is 11.9 Å². The van der Waals surface area contributed by atoms with E-state index in [2.05, 4.69) is 4.90 Å². The highest BCUT2D eigenvalue weighted by Gasteiger charge is 2.07. The van der Waals surface area contributed by atoms with Gasteiger partial charge in [-0.1, -0.05) is 12.1 Å². The van der Waals surface area contributed by atoms with E-state index in [4.69, 9.17) is 9.29 Å². The number of benzene rings is 2. The van der Waals surface area contributed by atoms with Crippen molar-refractivity contribution in [3.05, 3.63) is 36.4 Å². The van der Waals surface area contributed by atoms with E-state index in [0.29, 0.717) is 4.90 Å². The molecule has 0 amide bonds. The molecule has 0 spiro atoms. The van der Waals surface area contributed by atoms with E-state index < -0.39 is 11.1 Å². The molecule has 0 fully saturated rings. The molecule has 0 aromatic heterocycles. The lowest BCUT2D eigenvalue weighted by Crippen LogP contribution is -2.27. The van der Waals surface area contributed by atoms with E-state index in [-0.39, 0.29) is 6.10 Å². The average Bonchev–Trinajstić information content (AvgIpc) is 2.36. The zero-order valence-electron chi connectivity index (χ0n) is 11.9. The lowest BCUT2D eigenvalue weighted by Gasteiger charge is -2.19. The molecule has 108 valence electrons. The van der Waals surface area contributed by atoms with Gasteiger partial charge in [0.2, 0.25) is 0 Å². The molecule has 0 aliphatic rings. The van der Waals surface area contributed by atoms with Crippen LogP contribution in [-0.2, 0) is 11.1 Å². The van der Waals surface area contributed by atoms with Crippen LogP contribution in [0.5, 0.6) is 5.75 Å². The predicted octanol–water partition coefficient (Wildman–Crippen LogP) is 2.75. The molecule has 1 N–H and O–H groups in total. The van der Waals surface area contributed by atoms with E-state index >= 15 is 0 Å². The number of fused-ring (bicyclic) bond motifs is 1. The largest absolute Gasteiger partial charge is 0.489 e. The summed E-state index contributed by atoms with van der Waals surface area (Å²) in [5.41, 5.74) is 0. The number of rotatable bonds is 5. The normalized spacial score (nSPS) is 14.4. The van der Waals surface area contributed by atoms with Gasteiger partial charge in [0.25, 0.3) is 0 Å². The van der Waals surface area contributed by atoms with Gasteiger partial charge in [-0.15, -0.1) is 0 Å². The van der Waals surface area contributed by atoms with Crippen LogP contribution in [-0.4, -0.2) is 40.4 Å². The molecular formula is C15H19NO3S. The van der Waals surface area contributed by atoms with Crippen molar-refractivity contribution in [2.75, 3.05) is 20.6 Å². The van der Waals surface area contributed by atoms with E-state index in [1.54, 1.807) is 12.1 Å². The third kappa shape index (κ3) is 3.79. The highest BCUT2D eigenvalue weighted by molar-refractivity contribution is 7.79. The van der Waals surface area contributed by atoms with Crippen molar-refractivity contribution in [2.45, 2.75) is 17.9 Å². The molecule has 2 unspecified atom stereocenters. The minimum Gasteiger partial charge on any atom is -0.489 e. The minimum atomic E-state index is -1.96. The highest BCUT2D eigenvalue weighted by atomic mass is 32.2. The summed E-state index contributed by atoms with van der Waals surface area (Å²) in [6, 6.07) is 11.0. The van der Waals surface area contributed by atoms with Crippen LogP contribution in [0, 0.1) is 0 Å². The van der Waals surface area contributed by atoms with Crippen LogP contribution in [0.2, 0.25) is 0 Å². The summed E-state index contributed by atoms with van der Waals surface area (Å²) >= 11 is -1.96. The van der Waals surface area contributed by atoms with Gasteiger partial charge in [-0.05, 0) is 56.1 Å². The molecule has 2 rings (SSSR count). The molecule has 2 aromatic rings. The summed E-state index contributed by atoms with van der Waals surface area (Å²) in [4.78, 5) is 2.47. The second-order valence-electron chi connectivity index (χ2n) is 5.11. The Labute approximate surface area is 121 Å². The van der Waals surface area contributed by atoms with Gasteiger partial charge in [-0.25, -0.2) is 4.21 Å². The lowest BCUT2D eigenvalue weighted by atomic mass is 10.1. The number of ether oxygens (including phenoxy) is 1. The molecular weight excluding hydrogens is 274 g/mol. The molecule has 4 nitrogen and oxygen atoms in total. The monoisotopic (exact) mass is 293 g/mol. The van der Waals surface area contributed by atoms with E-state index in [1.165, 1.54) is 0 Å². The van der Waals surface area contributed by atoms with Crippen LogP contribution in [0.25, 0.3) is 10.8 Å². The third-order valence-corrected chi connectivity index (χ3v) is 3.60. The Kier molecular flexibility index (Phi) is 4.75. The van der Waals surface area contributed by atoms with Crippen LogP contribution in [0.4, 0.5) is 0 Å². The summed E-state index contributed by atoms with van der Waals surface area (Å²) in [5, 5.41) is 1.92. The first kappa shape index (κ1) is 15.0.